The van der Waals surface area contributed by atoms with Gasteiger partial charge in [-0.1, -0.05) is 0 Å². The third kappa shape index (κ3) is 2.85. The Hall–Kier alpha value is -0.625. The summed E-state index contributed by atoms with van der Waals surface area (Å²) in [6.07, 6.45) is -1.18. The first-order valence-corrected chi connectivity index (χ1v) is 2.57. The molecule has 0 heterocycles. The van der Waals surface area contributed by atoms with Gasteiger partial charge in [-0.05, 0) is 0 Å². The molecule has 0 spiro atoms. The first-order valence-electron chi connectivity index (χ1n) is 2.57. The molecule has 1 atom stereocenters. The molecule has 0 aliphatic carbocycles. The molecular formula is C4H7BO6. The number of hydrogen-bond donors (Lipinski definition) is 5. The predicted molar refractivity (Wildman–Crippen MR) is 32.3 cm³/mol. The summed E-state index contributed by atoms with van der Waals surface area (Å²) in [6.45, 7) is 0. The van der Waals surface area contributed by atoms with E-state index in [1.165, 1.54) is 0 Å². The van der Waals surface area contributed by atoms with Gasteiger partial charge in [-0.2, -0.15) is 0 Å². The number of hydrogen-bond acceptors (Lipinski definition) is 5. The van der Waals surface area contributed by atoms with Crippen molar-refractivity contribution in [2.45, 2.75) is 17.9 Å². The van der Waals surface area contributed by atoms with E-state index in [0.29, 0.717) is 0 Å². The molecule has 0 aliphatic heterocycles. The molecule has 0 aromatic carbocycles. The van der Waals surface area contributed by atoms with Gasteiger partial charge < -0.3 is 25.5 Å². The van der Waals surface area contributed by atoms with E-state index in [9.17, 15) is 4.79 Å². The Morgan fingerprint density at radius 1 is 1.27 bits per heavy atom. The second-order valence-electron chi connectivity index (χ2n) is 2.13. The number of aliphatic hydroxyl groups is 4. The zero-order valence-electron chi connectivity index (χ0n) is 5.43. The Labute approximate surface area is 63.1 Å². The topological polar surface area (TPSA) is 118 Å². The maximum atomic E-state index is 9.89. The first-order chi connectivity index (χ1) is 4.67. The summed E-state index contributed by atoms with van der Waals surface area (Å²) in [7, 11) is 4.62. The highest BCUT2D eigenvalue weighted by Crippen LogP contribution is 2.16. The monoisotopic (exact) mass is 162 g/mol. The molecule has 11 heavy (non-hydrogen) atoms. The quantitative estimate of drug-likeness (QED) is 0.222. The Balaban J connectivity index is 4.34. The molecule has 62 valence electrons. The lowest BCUT2D eigenvalue weighted by molar-refractivity contribution is -0.368. The van der Waals surface area contributed by atoms with E-state index in [4.69, 9.17) is 25.5 Å². The van der Waals surface area contributed by atoms with Gasteiger partial charge in [-0.3, -0.25) is 4.79 Å². The van der Waals surface area contributed by atoms with E-state index in [1.54, 1.807) is 0 Å². The average molecular weight is 162 g/mol. The largest absolute Gasteiger partial charge is 0.481 e. The summed E-state index contributed by atoms with van der Waals surface area (Å²) in [5, 5.41) is 41.5. The van der Waals surface area contributed by atoms with E-state index >= 15 is 0 Å². The molecule has 0 saturated carbocycles. The molecule has 6 nitrogen and oxygen atoms in total. The molecule has 0 fully saturated rings. The van der Waals surface area contributed by atoms with E-state index in [-0.39, 0.29) is 0 Å². The van der Waals surface area contributed by atoms with Crippen LogP contribution in [0.15, 0.2) is 0 Å². The van der Waals surface area contributed by atoms with Crippen molar-refractivity contribution in [3.63, 3.8) is 0 Å². The maximum Gasteiger partial charge on any atom is 0.305 e. The molecule has 1 unspecified atom stereocenters. The van der Waals surface area contributed by atoms with Crippen molar-refractivity contribution in [1.29, 1.82) is 0 Å². The van der Waals surface area contributed by atoms with Crippen molar-refractivity contribution >= 4 is 13.8 Å². The lowest BCUT2D eigenvalue weighted by atomic mass is 9.76. The highest BCUT2D eigenvalue weighted by molar-refractivity contribution is 6.16. The van der Waals surface area contributed by atoms with Gasteiger partial charge in [0.25, 0.3) is 5.97 Å². The first kappa shape index (κ1) is 10.4. The molecule has 0 aromatic rings. The van der Waals surface area contributed by atoms with Gasteiger partial charge in [0.05, 0.1) is 6.42 Å². The van der Waals surface area contributed by atoms with Crippen LogP contribution in [0.1, 0.15) is 6.42 Å². The fourth-order valence-electron chi connectivity index (χ4n) is 0.349. The van der Waals surface area contributed by atoms with Crippen LogP contribution in [-0.2, 0) is 4.79 Å². The number of carboxylic acid groups (broad SMARTS) is 1. The SMILES string of the molecule is [B]C(O)(CC(=O)O)C(O)(O)O. The van der Waals surface area contributed by atoms with Crippen LogP contribution >= 0.6 is 0 Å². The summed E-state index contributed by atoms with van der Waals surface area (Å²) in [6, 6.07) is 0. The Kier molecular flexibility index (Phi) is 2.62. The van der Waals surface area contributed by atoms with Crippen LogP contribution in [0.3, 0.4) is 0 Å². The smallest absolute Gasteiger partial charge is 0.305 e. The van der Waals surface area contributed by atoms with E-state index in [2.05, 4.69) is 7.85 Å². The highest BCUT2D eigenvalue weighted by atomic mass is 16.7. The molecule has 0 bridgehead atoms. The zero-order chi connectivity index (χ0) is 9.28. The maximum absolute atomic E-state index is 9.89. The molecule has 2 radical (unpaired) electrons. The van der Waals surface area contributed by atoms with Gasteiger partial charge in [0.15, 0.2) is 0 Å². The number of carbonyl (C=O) groups is 1. The van der Waals surface area contributed by atoms with Crippen molar-refractivity contribution < 1.29 is 30.3 Å². The zero-order valence-corrected chi connectivity index (χ0v) is 5.43. The fourth-order valence-corrected chi connectivity index (χ4v) is 0.349. The van der Waals surface area contributed by atoms with Crippen molar-refractivity contribution in [3.8, 4) is 0 Å². The van der Waals surface area contributed by atoms with Crippen LogP contribution in [0.4, 0.5) is 0 Å². The number of rotatable bonds is 3. The minimum atomic E-state index is -3.62. The standard InChI is InChI=1S/C4H7BO6/c5-3(8,1-2(6)7)4(9,10)11/h8-11H,1H2,(H,6,7). The van der Waals surface area contributed by atoms with Crippen molar-refractivity contribution in [2.24, 2.45) is 0 Å². The number of aliphatic carboxylic acids is 1. The van der Waals surface area contributed by atoms with Crippen LogP contribution in [-0.4, -0.2) is 50.8 Å². The molecular weight excluding hydrogens is 155 g/mol. The molecule has 0 amide bonds. The Bertz CT molecular complexity index is 158. The van der Waals surface area contributed by atoms with Gasteiger partial charge >= 0.3 is 5.97 Å². The molecule has 0 aromatic heterocycles. The highest BCUT2D eigenvalue weighted by Gasteiger charge is 2.43. The van der Waals surface area contributed by atoms with Gasteiger partial charge in [0.1, 0.15) is 13.3 Å². The van der Waals surface area contributed by atoms with Crippen LogP contribution in [0.5, 0.6) is 0 Å². The third-order valence-corrected chi connectivity index (χ3v) is 1.00. The van der Waals surface area contributed by atoms with Crippen LogP contribution in [0.2, 0.25) is 0 Å². The lowest BCUT2D eigenvalue weighted by Gasteiger charge is -2.30. The van der Waals surface area contributed by atoms with Gasteiger partial charge in [-0.15, -0.1) is 0 Å². The van der Waals surface area contributed by atoms with Crippen molar-refractivity contribution in [2.75, 3.05) is 0 Å². The van der Waals surface area contributed by atoms with Gasteiger partial charge in [0, 0.05) is 0 Å². The lowest BCUT2D eigenvalue weighted by Crippen LogP contribution is -2.56. The fraction of sp³-hybridized carbons (Fsp3) is 0.750. The molecule has 0 aliphatic rings. The van der Waals surface area contributed by atoms with E-state index < -0.39 is 23.9 Å². The summed E-state index contributed by atoms with van der Waals surface area (Å²) in [5.74, 6) is -5.19. The van der Waals surface area contributed by atoms with Gasteiger partial charge in [-0.25, -0.2) is 0 Å². The Morgan fingerprint density at radius 2 is 1.64 bits per heavy atom. The number of carboxylic acids is 1. The van der Waals surface area contributed by atoms with Crippen molar-refractivity contribution in [1.82, 2.24) is 0 Å². The minimum absolute atomic E-state index is 1.18. The summed E-state index contributed by atoms with van der Waals surface area (Å²) < 4.78 is 0. The summed E-state index contributed by atoms with van der Waals surface area (Å²) >= 11 is 0. The van der Waals surface area contributed by atoms with Crippen LogP contribution in [0, 0.1) is 0 Å². The molecule has 5 N–H and O–H groups in total. The third-order valence-electron chi connectivity index (χ3n) is 1.00. The average Bonchev–Trinajstić information content (AvgIpc) is 1.56. The molecule has 7 heteroatoms. The van der Waals surface area contributed by atoms with Crippen LogP contribution < -0.4 is 0 Å². The summed E-state index contributed by atoms with van der Waals surface area (Å²) in [5.41, 5.74) is -2.97. The molecule has 0 saturated heterocycles. The predicted octanol–water partition coefficient (Wildman–Crippen LogP) is -3.05. The minimum Gasteiger partial charge on any atom is -0.481 e. The van der Waals surface area contributed by atoms with E-state index in [1.807, 2.05) is 0 Å². The van der Waals surface area contributed by atoms with Crippen molar-refractivity contribution in [3.05, 3.63) is 0 Å². The van der Waals surface area contributed by atoms with Crippen LogP contribution in [0.25, 0.3) is 0 Å². The van der Waals surface area contributed by atoms with E-state index in [0.717, 1.165) is 0 Å². The molecule has 0 rings (SSSR count). The van der Waals surface area contributed by atoms with Gasteiger partial charge in [0.2, 0.25) is 0 Å². The second kappa shape index (κ2) is 2.78. The summed E-state index contributed by atoms with van der Waals surface area (Å²) in [4.78, 5) is 9.89. The Morgan fingerprint density at radius 3 is 1.73 bits per heavy atom. The second-order valence-corrected chi connectivity index (χ2v) is 2.13. The normalized spacial score (nSPS) is 17.5.